The van der Waals surface area contributed by atoms with Gasteiger partial charge in [0.1, 0.15) is 0 Å². The van der Waals surface area contributed by atoms with Crippen molar-refractivity contribution in [2.24, 2.45) is 0 Å². The molecule has 3 aromatic heterocycles. The zero-order valence-electron chi connectivity index (χ0n) is 36.8. The van der Waals surface area contributed by atoms with Crippen molar-refractivity contribution in [2.75, 3.05) is 0 Å². The molecular weight excluding hydrogens is 827 g/mol. The smallest absolute Gasteiger partial charge is 0.238 e. The van der Waals surface area contributed by atoms with Crippen LogP contribution in [-0.4, -0.2) is 24.1 Å². The predicted molar refractivity (Wildman–Crippen MR) is 283 cm³/mol. The van der Waals surface area contributed by atoms with E-state index in [2.05, 4.69) is 221 Å². The fraction of sp³-hybridized carbons (Fsp3) is 0. The molecule has 14 aromatic rings. The molecule has 0 spiro atoms. The van der Waals surface area contributed by atoms with Gasteiger partial charge in [-0.15, -0.1) is 0 Å². The first-order chi connectivity index (χ1) is 33.7. The number of fused-ring (bicyclic) bond motifs is 13. The molecule has 0 atom stereocenters. The lowest BCUT2D eigenvalue weighted by molar-refractivity contribution is 0.953. The molecule has 0 saturated heterocycles. The van der Waals surface area contributed by atoms with Gasteiger partial charge in [0.2, 0.25) is 5.95 Å². The lowest BCUT2D eigenvalue weighted by Crippen LogP contribution is -2.07. The predicted octanol–water partition coefficient (Wildman–Crippen LogP) is 16.2. The first kappa shape index (κ1) is 38.1. The third-order valence-electron chi connectivity index (χ3n) is 13.8. The second-order valence-corrected chi connectivity index (χ2v) is 17.5. The van der Waals surface area contributed by atoms with Crippen molar-refractivity contribution in [3.63, 3.8) is 0 Å². The van der Waals surface area contributed by atoms with E-state index in [-0.39, 0.29) is 0 Å². The molecule has 0 amide bonds. The van der Waals surface area contributed by atoms with Crippen LogP contribution in [0.3, 0.4) is 0 Å². The zero-order valence-corrected chi connectivity index (χ0v) is 36.8. The molecule has 0 aliphatic carbocycles. The minimum Gasteiger partial charge on any atom is -0.307 e. The van der Waals surface area contributed by atoms with Crippen molar-refractivity contribution in [1.82, 2.24) is 24.1 Å². The van der Waals surface area contributed by atoms with Crippen molar-refractivity contribution in [3.05, 3.63) is 237 Å². The minimum absolute atomic E-state index is 0.558. The van der Waals surface area contributed by atoms with Crippen molar-refractivity contribution in [2.45, 2.75) is 0 Å². The molecule has 68 heavy (non-hydrogen) atoms. The molecule has 3 heterocycles. The van der Waals surface area contributed by atoms with E-state index >= 15 is 0 Å². The summed E-state index contributed by atoms with van der Waals surface area (Å²) in [5, 5.41) is 12.2. The van der Waals surface area contributed by atoms with Crippen LogP contribution in [0.1, 0.15) is 0 Å². The van der Waals surface area contributed by atoms with Crippen molar-refractivity contribution < 1.29 is 0 Å². The first-order valence-corrected chi connectivity index (χ1v) is 23.1. The van der Waals surface area contributed by atoms with Crippen LogP contribution in [0.2, 0.25) is 0 Å². The highest BCUT2D eigenvalue weighted by atomic mass is 15.2. The van der Waals surface area contributed by atoms with Crippen LogP contribution in [0.5, 0.6) is 0 Å². The monoisotopic (exact) mass is 865 g/mol. The Labute approximate surface area is 391 Å². The third kappa shape index (κ3) is 5.86. The number of hydrogen-bond donors (Lipinski definition) is 0. The second kappa shape index (κ2) is 15.2. The fourth-order valence-corrected chi connectivity index (χ4v) is 10.7. The lowest BCUT2D eigenvalue weighted by Gasteiger charge is -2.15. The molecule has 11 aromatic carbocycles. The van der Waals surface area contributed by atoms with Crippen LogP contribution in [0.15, 0.2) is 237 Å². The van der Waals surface area contributed by atoms with Gasteiger partial charge < -0.3 is 4.57 Å². The summed E-state index contributed by atoms with van der Waals surface area (Å²) in [6.07, 6.45) is 0. The van der Waals surface area contributed by atoms with Crippen LogP contribution in [0.4, 0.5) is 0 Å². The van der Waals surface area contributed by atoms with Crippen molar-refractivity contribution in [3.8, 4) is 56.7 Å². The highest BCUT2D eigenvalue weighted by molar-refractivity contribution is 6.28. The first-order valence-electron chi connectivity index (χ1n) is 23.1. The Morgan fingerprint density at radius 2 is 0.662 bits per heavy atom. The molecule has 316 valence electrons. The van der Waals surface area contributed by atoms with E-state index < -0.39 is 0 Å². The van der Waals surface area contributed by atoms with E-state index in [1.165, 1.54) is 48.8 Å². The Bertz CT molecular complexity index is 4240. The van der Waals surface area contributed by atoms with Crippen LogP contribution in [-0.2, 0) is 0 Å². The van der Waals surface area contributed by atoms with E-state index in [1.807, 2.05) is 24.3 Å². The van der Waals surface area contributed by atoms with Crippen LogP contribution < -0.4 is 0 Å². The summed E-state index contributed by atoms with van der Waals surface area (Å²) in [7, 11) is 0. The van der Waals surface area contributed by atoms with E-state index in [1.54, 1.807) is 0 Å². The number of benzene rings is 11. The third-order valence-corrected chi connectivity index (χ3v) is 13.8. The summed E-state index contributed by atoms with van der Waals surface area (Å²) in [4.78, 5) is 15.9. The average molecular weight is 866 g/mol. The van der Waals surface area contributed by atoms with Gasteiger partial charge in [-0.1, -0.05) is 212 Å². The Morgan fingerprint density at radius 1 is 0.250 bits per heavy atom. The fourth-order valence-electron chi connectivity index (χ4n) is 10.7. The quantitative estimate of drug-likeness (QED) is 0.156. The summed E-state index contributed by atoms with van der Waals surface area (Å²) in [6.45, 7) is 0. The molecule has 0 radical (unpaired) electrons. The molecule has 0 saturated carbocycles. The number of hydrogen-bond acceptors (Lipinski definition) is 3. The van der Waals surface area contributed by atoms with Crippen LogP contribution in [0.25, 0.3) is 133 Å². The maximum atomic E-state index is 5.38. The Hall–Kier alpha value is -9.19. The minimum atomic E-state index is 0.558. The molecule has 5 nitrogen and oxygen atoms in total. The van der Waals surface area contributed by atoms with Gasteiger partial charge >= 0.3 is 0 Å². The molecule has 0 aliphatic heterocycles. The molecule has 0 unspecified atom stereocenters. The maximum absolute atomic E-state index is 5.38. The van der Waals surface area contributed by atoms with Gasteiger partial charge in [-0.05, 0) is 78.8 Å². The SMILES string of the molecule is c1ccc(-c2ccc(-c3nc(-c4ccccc4)nc(-n4c5ccccc5c5ccc6c7ccccc7n(-c7ccc(-c8cccc9c%10ccccc%10c%10ccccc%10c89)cc7)c6c54)n3)cc2)cc1. The number of rotatable bonds is 6. The van der Waals surface area contributed by atoms with Gasteiger partial charge in [0.25, 0.3) is 0 Å². The summed E-state index contributed by atoms with van der Waals surface area (Å²) in [6, 6.07) is 84.6. The van der Waals surface area contributed by atoms with Gasteiger partial charge in [-0.2, -0.15) is 9.97 Å². The Morgan fingerprint density at radius 3 is 1.26 bits per heavy atom. The van der Waals surface area contributed by atoms with Crippen LogP contribution in [0, 0.1) is 0 Å². The average Bonchev–Trinajstić information content (AvgIpc) is 3.94. The Kier molecular flexibility index (Phi) is 8.52. The molecule has 0 fully saturated rings. The normalized spacial score (nSPS) is 11.8. The Balaban J connectivity index is 1.01. The summed E-state index contributed by atoms with van der Waals surface area (Å²) < 4.78 is 4.69. The topological polar surface area (TPSA) is 48.5 Å². The molecule has 0 aliphatic rings. The van der Waals surface area contributed by atoms with Crippen LogP contribution >= 0.6 is 0 Å². The molecular formula is C63H39N5. The van der Waals surface area contributed by atoms with E-state index in [9.17, 15) is 0 Å². The summed E-state index contributed by atoms with van der Waals surface area (Å²) >= 11 is 0. The van der Waals surface area contributed by atoms with Gasteiger partial charge in [0.05, 0.1) is 22.1 Å². The van der Waals surface area contributed by atoms with Gasteiger partial charge in [-0.25, -0.2) is 4.98 Å². The lowest BCUT2D eigenvalue weighted by atomic mass is 9.89. The zero-order chi connectivity index (χ0) is 44.7. The maximum Gasteiger partial charge on any atom is 0.238 e. The molecule has 5 heteroatoms. The largest absolute Gasteiger partial charge is 0.307 e. The van der Waals surface area contributed by atoms with E-state index in [0.29, 0.717) is 17.6 Å². The standard InChI is InChI=1S/C63H39N5/c1-3-16-40(17-4-1)41-30-32-44(33-31-41)62-64-61(43-18-5-2-6-19-43)65-63(66-62)68-57-29-14-12-24-51(57)55-39-38-54-50-23-11-13-28-56(50)67(59(54)60(55)68)45-36-34-42(35-37-45)46-26-15-27-53-49-21-8-7-20-47(49)48-22-9-10-25-52(48)58(46)53/h1-39H. The van der Waals surface area contributed by atoms with Crippen molar-refractivity contribution >= 4 is 75.9 Å². The highest BCUT2D eigenvalue weighted by Gasteiger charge is 2.24. The highest BCUT2D eigenvalue weighted by Crippen LogP contribution is 2.44. The number of aromatic nitrogens is 5. The molecule has 0 bridgehead atoms. The van der Waals surface area contributed by atoms with E-state index in [0.717, 1.165) is 66.2 Å². The number of para-hydroxylation sites is 2. The van der Waals surface area contributed by atoms with E-state index in [4.69, 9.17) is 15.0 Å². The van der Waals surface area contributed by atoms with Gasteiger partial charge in [0.15, 0.2) is 11.6 Å². The molecule has 0 N–H and O–H groups in total. The second-order valence-electron chi connectivity index (χ2n) is 17.5. The van der Waals surface area contributed by atoms with Gasteiger partial charge in [-0.3, -0.25) is 4.57 Å². The van der Waals surface area contributed by atoms with Gasteiger partial charge in [0, 0.05) is 38.4 Å². The summed E-state index contributed by atoms with van der Waals surface area (Å²) in [5.41, 5.74) is 11.9. The number of nitrogens with zero attached hydrogens (tertiary/aromatic N) is 5. The van der Waals surface area contributed by atoms with Crippen molar-refractivity contribution in [1.29, 1.82) is 0 Å². The summed E-state index contributed by atoms with van der Waals surface area (Å²) in [5.74, 6) is 1.78. The molecule has 14 rings (SSSR count).